The van der Waals surface area contributed by atoms with E-state index >= 15 is 0 Å². The van der Waals surface area contributed by atoms with E-state index in [0.29, 0.717) is 11.6 Å². The molecule has 0 spiro atoms. The Morgan fingerprint density at radius 3 is 2.76 bits per heavy atom. The SMILES string of the molecule is COCc1c(Cl)cc(C2(N=C=O)CC2)cc1Br. The highest BCUT2D eigenvalue weighted by Gasteiger charge is 2.45. The second-order valence-corrected chi connectivity index (χ2v) is 5.35. The van der Waals surface area contributed by atoms with Crippen LogP contribution in [0.3, 0.4) is 0 Å². The minimum atomic E-state index is -0.389. The fourth-order valence-electron chi connectivity index (χ4n) is 1.82. The molecule has 1 fully saturated rings. The summed E-state index contributed by atoms with van der Waals surface area (Å²) in [5.74, 6) is 0. The summed E-state index contributed by atoms with van der Waals surface area (Å²) < 4.78 is 5.96. The summed E-state index contributed by atoms with van der Waals surface area (Å²) in [6.07, 6.45) is 3.38. The third-order valence-corrected chi connectivity index (χ3v) is 4.00. The van der Waals surface area contributed by atoms with Crippen molar-refractivity contribution in [1.82, 2.24) is 0 Å². The number of halogens is 2. The molecular formula is C12H11BrClNO2. The Kier molecular flexibility index (Phi) is 3.69. The predicted molar refractivity (Wildman–Crippen MR) is 68.9 cm³/mol. The van der Waals surface area contributed by atoms with Crippen LogP contribution in [0.25, 0.3) is 0 Å². The molecule has 90 valence electrons. The van der Waals surface area contributed by atoms with Crippen LogP contribution < -0.4 is 0 Å². The number of nitrogens with zero attached hydrogens (tertiary/aromatic N) is 1. The smallest absolute Gasteiger partial charge is 0.235 e. The van der Waals surface area contributed by atoms with Crippen LogP contribution in [0.5, 0.6) is 0 Å². The Hall–Kier alpha value is -0.670. The fourth-order valence-corrected chi connectivity index (χ4v) is 2.79. The molecule has 3 nitrogen and oxygen atoms in total. The summed E-state index contributed by atoms with van der Waals surface area (Å²) in [5, 5.41) is 0.628. The van der Waals surface area contributed by atoms with Crippen LogP contribution in [0.4, 0.5) is 0 Å². The van der Waals surface area contributed by atoms with Crippen molar-refractivity contribution in [3.63, 3.8) is 0 Å². The van der Waals surface area contributed by atoms with Gasteiger partial charge < -0.3 is 4.74 Å². The summed E-state index contributed by atoms with van der Waals surface area (Å²) in [5.41, 5.74) is 1.47. The molecule has 5 heteroatoms. The van der Waals surface area contributed by atoms with Crippen LogP contribution in [-0.2, 0) is 21.7 Å². The summed E-state index contributed by atoms with van der Waals surface area (Å²) in [7, 11) is 1.62. The largest absolute Gasteiger partial charge is 0.380 e. The highest BCUT2D eigenvalue weighted by atomic mass is 79.9. The van der Waals surface area contributed by atoms with Gasteiger partial charge in [-0.1, -0.05) is 27.5 Å². The molecule has 1 aromatic rings. The number of hydrogen-bond acceptors (Lipinski definition) is 3. The van der Waals surface area contributed by atoms with Crippen molar-refractivity contribution in [1.29, 1.82) is 0 Å². The second-order valence-electron chi connectivity index (χ2n) is 4.09. The van der Waals surface area contributed by atoms with E-state index in [2.05, 4.69) is 20.9 Å². The van der Waals surface area contributed by atoms with Gasteiger partial charge in [-0.2, -0.15) is 4.99 Å². The average molecular weight is 317 g/mol. The zero-order valence-electron chi connectivity index (χ0n) is 9.30. The molecule has 17 heavy (non-hydrogen) atoms. The van der Waals surface area contributed by atoms with Gasteiger partial charge in [0.2, 0.25) is 6.08 Å². The number of carbonyl (C=O) groups excluding carboxylic acids is 1. The molecule has 0 unspecified atom stereocenters. The molecule has 0 radical (unpaired) electrons. The first-order chi connectivity index (χ1) is 8.13. The van der Waals surface area contributed by atoms with E-state index in [9.17, 15) is 4.79 Å². The molecule has 0 heterocycles. The Morgan fingerprint density at radius 1 is 1.59 bits per heavy atom. The van der Waals surface area contributed by atoms with Crippen LogP contribution in [-0.4, -0.2) is 13.2 Å². The van der Waals surface area contributed by atoms with Gasteiger partial charge in [0.25, 0.3) is 0 Å². The van der Waals surface area contributed by atoms with Gasteiger partial charge in [-0.3, -0.25) is 0 Å². The Bertz CT molecular complexity index is 470. The van der Waals surface area contributed by atoms with Crippen LogP contribution >= 0.6 is 27.5 Å². The predicted octanol–water partition coefficient (Wildman–Crippen LogP) is 3.57. The molecule has 1 saturated carbocycles. The molecule has 1 aliphatic rings. The van der Waals surface area contributed by atoms with Gasteiger partial charge in [-0.25, -0.2) is 4.79 Å². The van der Waals surface area contributed by atoms with Gasteiger partial charge in [0.15, 0.2) is 0 Å². The number of aliphatic imine (C=N–C) groups is 1. The van der Waals surface area contributed by atoms with E-state index in [4.69, 9.17) is 16.3 Å². The summed E-state index contributed by atoms with van der Waals surface area (Å²) in [6.45, 7) is 0.448. The lowest BCUT2D eigenvalue weighted by molar-refractivity contribution is 0.184. The number of ether oxygens (including phenoxy) is 1. The molecule has 0 saturated heterocycles. The van der Waals surface area contributed by atoms with E-state index in [-0.39, 0.29) is 5.54 Å². The number of rotatable bonds is 4. The lowest BCUT2D eigenvalue weighted by Gasteiger charge is -2.13. The van der Waals surface area contributed by atoms with Gasteiger partial charge in [-0.05, 0) is 30.5 Å². The number of benzene rings is 1. The van der Waals surface area contributed by atoms with Crippen molar-refractivity contribution in [2.24, 2.45) is 4.99 Å². The van der Waals surface area contributed by atoms with E-state index in [0.717, 1.165) is 28.4 Å². The topological polar surface area (TPSA) is 38.7 Å². The molecule has 0 aliphatic heterocycles. The third-order valence-electron chi connectivity index (χ3n) is 2.95. The third kappa shape index (κ3) is 2.45. The summed E-state index contributed by atoms with van der Waals surface area (Å²) in [6, 6.07) is 3.81. The normalized spacial score (nSPS) is 16.4. The first-order valence-electron chi connectivity index (χ1n) is 5.19. The van der Waals surface area contributed by atoms with Gasteiger partial charge in [0.05, 0.1) is 12.1 Å². The Balaban J connectivity index is 2.42. The average Bonchev–Trinajstić information content (AvgIpc) is 3.05. The van der Waals surface area contributed by atoms with Gasteiger partial charge in [-0.15, -0.1) is 0 Å². The van der Waals surface area contributed by atoms with Gasteiger partial charge in [0, 0.05) is 22.2 Å². The molecular weight excluding hydrogens is 305 g/mol. The molecule has 2 rings (SSSR count). The van der Waals surface area contributed by atoms with Crippen molar-refractivity contribution >= 4 is 33.6 Å². The van der Waals surface area contributed by atoms with Crippen molar-refractivity contribution in [2.45, 2.75) is 25.0 Å². The van der Waals surface area contributed by atoms with Crippen molar-refractivity contribution in [3.8, 4) is 0 Å². The van der Waals surface area contributed by atoms with E-state index < -0.39 is 0 Å². The van der Waals surface area contributed by atoms with Crippen molar-refractivity contribution < 1.29 is 9.53 Å². The Labute approximate surface area is 113 Å². The van der Waals surface area contributed by atoms with E-state index in [1.807, 2.05) is 12.1 Å². The molecule has 1 aliphatic carbocycles. The van der Waals surface area contributed by atoms with Gasteiger partial charge in [0.1, 0.15) is 0 Å². The maximum absolute atomic E-state index is 10.4. The zero-order chi connectivity index (χ0) is 12.5. The molecule has 1 aromatic carbocycles. The van der Waals surface area contributed by atoms with E-state index in [1.54, 1.807) is 13.2 Å². The van der Waals surface area contributed by atoms with Crippen LogP contribution in [0, 0.1) is 0 Å². The fraction of sp³-hybridized carbons (Fsp3) is 0.417. The highest BCUT2D eigenvalue weighted by molar-refractivity contribution is 9.10. The van der Waals surface area contributed by atoms with E-state index in [1.165, 1.54) is 0 Å². The zero-order valence-corrected chi connectivity index (χ0v) is 11.6. The summed E-state index contributed by atoms with van der Waals surface area (Å²) >= 11 is 9.66. The maximum atomic E-state index is 10.4. The Morgan fingerprint density at radius 2 is 2.29 bits per heavy atom. The molecule has 0 N–H and O–H groups in total. The molecule has 0 amide bonds. The van der Waals surface area contributed by atoms with Crippen LogP contribution in [0.2, 0.25) is 5.02 Å². The first kappa shape index (κ1) is 12.8. The second kappa shape index (κ2) is 4.91. The molecule has 0 bridgehead atoms. The standard InChI is InChI=1S/C12H11BrClNO2/c1-17-6-9-10(13)4-8(5-11(9)14)12(2-3-12)15-7-16/h4-5H,2-3,6H2,1H3. The lowest BCUT2D eigenvalue weighted by Crippen LogP contribution is -2.04. The summed E-state index contributed by atoms with van der Waals surface area (Å²) in [4.78, 5) is 14.3. The van der Waals surface area contributed by atoms with Crippen molar-refractivity contribution in [3.05, 3.63) is 32.8 Å². The van der Waals surface area contributed by atoms with Crippen LogP contribution in [0.15, 0.2) is 21.6 Å². The number of methoxy groups -OCH3 is 1. The first-order valence-corrected chi connectivity index (χ1v) is 6.36. The van der Waals surface area contributed by atoms with Crippen molar-refractivity contribution in [2.75, 3.05) is 7.11 Å². The van der Waals surface area contributed by atoms with Gasteiger partial charge >= 0.3 is 0 Å². The molecule has 0 aromatic heterocycles. The minimum absolute atomic E-state index is 0.389. The van der Waals surface area contributed by atoms with Crippen LogP contribution in [0.1, 0.15) is 24.0 Å². The molecule has 0 atom stereocenters. The number of isocyanates is 1. The maximum Gasteiger partial charge on any atom is 0.235 e. The lowest BCUT2D eigenvalue weighted by atomic mass is 10.0. The quantitative estimate of drug-likeness (QED) is 0.629. The number of hydrogen-bond donors (Lipinski definition) is 0. The monoisotopic (exact) mass is 315 g/mol. The minimum Gasteiger partial charge on any atom is -0.380 e. The highest BCUT2D eigenvalue weighted by Crippen LogP contribution is 2.50.